The normalized spacial score (nSPS) is 10.7. The lowest BCUT2D eigenvalue weighted by molar-refractivity contribution is -0.115. The quantitative estimate of drug-likeness (QED) is 0.456. The number of aromatic nitrogens is 1. The zero-order valence-corrected chi connectivity index (χ0v) is 17.6. The van der Waals surface area contributed by atoms with Gasteiger partial charge >= 0.3 is 0 Å². The average molecular weight is 447 g/mol. The average Bonchev–Trinajstić information content (AvgIpc) is 3.09. The topological polar surface area (TPSA) is 42.0 Å². The summed E-state index contributed by atoms with van der Waals surface area (Å²) < 4.78 is 2.07. The monoisotopic (exact) mass is 446 g/mol. The van der Waals surface area contributed by atoms with Gasteiger partial charge in [0.15, 0.2) is 0 Å². The van der Waals surface area contributed by atoms with Crippen LogP contribution in [0.25, 0.3) is 0 Å². The Labute approximate surface area is 170 Å². The lowest BCUT2D eigenvalue weighted by Gasteiger charge is -2.08. The number of carbonyl (C=O) groups excluding carboxylic acids is 1. The molecule has 3 aromatic rings. The Morgan fingerprint density at radius 3 is 2.73 bits per heavy atom. The summed E-state index contributed by atoms with van der Waals surface area (Å²) in [6.45, 7) is 2.08. The molecule has 0 saturated heterocycles. The van der Waals surface area contributed by atoms with Crippen LogP contribution in [0.15, 0.2) is 62.7 Å². The van der Waals surface area contributed by atoms with E-state index in [0.29, 0.717) is 6.42 Å². The first-order valence-corrected chi connectivity index (χ1v) is 11.0. The number of nitrogens with zero attached hydrogens (tertiary/aromatic N) is 1. The van der Waals surface area contributed by atoms with E-state index in [0.717, 1.165) is 37.9 Å². The van der Waals surface area contributed by atoms with Gasteiger partial charge in [0.25, 0.3) is 0 Å². The number of aryl methyl sites for hydroxylation is 1. The molecular weight excluding hydrogens is 428 g/mol. The number of thioether (sulfide) groups is 1. The first kappa shape index (κ1) is 19.1. The van der Waals surface area contributed by atoms with E-state index in [1.807, 2.05) is 41.8 Å². The van der Waals surface area contributed by atoms with Crippen molar-refractivity contribution in [3.05, 3.63) is 75.2 Å². The van der Waals surface area contributed by atoms with Crippen LogP contribution in [0.2, 0.25) is 0 Å². The second kappa shape index (κ2) is 9.35. The Hall–Kier alpha value is -1.63. The van der Waals surface area contributed by atoms with Crippen molar-refractivity contribution in [2.75, 3.05) is 5.32 Å². The van der Waals surface area contributed by atoms with Crippen molar-refractivity contribution in [2.24, 2.45) is 0 Å². The molecule has 0 atom stereocenters. The second-order valence-corrected chi connectivity index (χ2v) is 8.75. The molecule has 0 aliphatic rings. The van der Waals surface area contributed by atoms with E-state index in [1.165, 1.54) is 5.56 Å². The SMILES string of the molecule is CCc1ccccc1NC(=O)Cc1csc(SCc2ccc(Br)cc2)n1. The molecule has 2 aromatic carbocycles. The van der Waals surface area contributed by atoms with Crippen LogP contribution in [0.4, 0.5) is 5.69 Å². The zero-order valence-electron chi connectivity index (χ0n) is 14.4. The Balaban J connectivity index is 1.54. The fourth-order valence-electron chi connectivity index (χ4n) is 2.47. The Morgan fingerprint density at radius 1 is 1.19 bits per heavy atom. The number of amides is 1. The highest BCUT2D eigenvalue weighted by Gasteiger charge is 2.10. The minimum absolute atomic E-state index is 0.0272. The summed E-state index contributed by atoms with van der Waals surface area (Å²) in [5.74, 6) is 0.844. The number of anilines is 1. The lowest BCUT2D eigenvalue weighted by Crippen LogP contribution is -2.15. The van der Waals surface area contributed by atoms with Crippen LogP contribution in [0, 0.1) is 0 Å². The van der Waals surface area contributed by atoms with Gasteiger partial charge in [0, 0.05) is 21.3 Å². The van der Waals surface area contributed by atoms with Gasteiger partial charge in [-0.05, 0) is 35.7 Å². The summed E-state index contributed by atoms with van der Waals surface area (Å²) in [6.07, 6.45) is 1.19. The molecule has 0 fully saturated rings. The second-order valence-electron chi connectivity index (χ2n) is 5.76. The van der Waals surface area contributed by atoms with Gasteiger partial charge in [0.05, 0.1) is 12.1 Å². The lowest BCUT2D eigenvalue weighted by atomic mass is 10.1. The maximum Gasteiger partial charge on any atom is 0.230 e. The van der Waals surface area contributed by atoms with Gasteiger partial charge in [0.2, 0.25) is 5.91 Å². The fourth-order valence-corrected chi connectivity index (χ4v) is 4.54. The molecule has 1 N–H and O–H groups in total. The predicted octanol–water partition coefficient (Wildman–Crippen LogP) is 5.94. The van der Waals surface area contributed by atoms with Crippen molar-refractivity contribution in [3.8, 4) is 0 Å². The number of hydrogen-bond donors (Lipinski definition) is 1. The molecule has 0 spiro atoms. The van der Waals surface area contributed by atoms with E-state index in [-0.39, 0.29) is 5.91 Å². The number of para-hydroxylation sites is 1. The van der Waals surface area contributed by atoms with Crippen LogP contribution in [0.3, 0.4) is 0 Å². The third-order valence-electron chi connectivity index (χ3n) is 3.82. The van der Waals surface area contributed by atoms with Crippen molar-refractivity contribution in [2.45, 2.75) is 29.9 Å². The highest BCUT2D eigenvalue weighted by atomic mass is 79.9. The number of hydrogen-bond acceptors (Lipinski definition) is 4. The van der Waals surface area contributed by atoms with Gasteiger partial charge < -0.3 is 5.32 Å². The van der Waals surface area contributed by atoms with E-state index in [2.05, 4.69) is 45.3 Å². The molecule has 134 valence electrons. The van der Waals surface area contributed by atoms with Crippen molar-refractivity contribution < 1.29 is 4.79 Å². The summed E-state index contributed by atoms with van der Waals surface area (Å²) in [4.78, 5) is 16.9. The number of nitrogens with one attached hydrogen (secondary N) is 1. The van der Waals surface area contributed by atoms with Crippen LogP contribution in [0.5, 0.6) is 0 Å². The molecule has 0 aliphatic carbocycles. The first-order valence-electron chi connectivity index (χ1n) is 8.33. The summed E-state index contributed by atoms with van der Waals surface area (Å²) in [5.41, 5.74) is 4.11. The molecule has 1 amide bonds. The standard InChI is InChI=1S/C20H19BrN2OS2/c1-2-15-5-3-4-6-18(15)23-19(24)11-17-13-26-20(22-17)25-12-14-7-9-16(21)10-8-14/h3-10,13H,2,11-12H2,1H3,(H,23,24). The molecule has 3 rings (SSSR count). The minimum Gasteiger partial charge on any atom is -0.325 e. The minimum atomic E-state index is -0.0272. The van der Waals surface area contributed by atoms with Gasteiger partial charge in [-0.2, -0.15) is 0 Å². The van der Waals surface area contributed by atoms with Gasteiger partial charge in [0.1, 0.15) is 4.34 Å². The smallest absolute Gasteiger partial charge is 0.230 e. The third-order valence-corrected chi connectivity index (χ3v) is 6.49. The molecule has 0 bridgehead atoms. The summed E-state index contributed by atoms with van der Waals surface area (Å²) in [5, 5.41) is 4.96. The Bertz CT molecular complexity index is 878. The van der Waals surface area contributed by atoms with E-state index >= 15 is 0 Å². The maximum atomic E-state index is 12.3. The van der Waals surface area contributed by atoms with Gasteiger partial charge in [-0.15, -0.1) is 11.3 Å². The van der Waals surface area contributed by atoms with Crippen LogP contribution in [0.1, 0.15) is 23.7 Å². The number of benzene rings is 2. The molecular formula is C20H19BrN2OS2. The molecule has 1 heterocycles. The summed E-state index contributed by atoms with van der Waals surface area (Å²) in [6, 6.07) is 16.2. The van der Waals surface area contributed by atoms with Crippen molar-refractivity contribution in [1.29, 1.82) is 0 Å². The van der Waals surface area contributed by atoms with E-state index in [4.69, 9.17) is 0 Å². The largest absolute Gasteiger partial charge is 0.325 e. The maximum absolute atomic E-state index is 12.3. The molecule has 0 saturated carbocycles. The van der Waals surface area contributed by atoms with Crippen molar-refractivity contribution in [3.63, 3.8) is 0 Å². The predicted molar refractivity (Wildman–Crippen MR) is 114 cm³/mol. The van der Waals surface area contributed by atoms with E-state index in [1.54, 1.807) is 23.1 Å². The highest BCUT2D eigenvalue weighted by molar-refractivity contribution is 9.10. The van der Waals surface area contributed by atoms with Crippen molar-refractivity contribution >= 4 is 50.6 Å². The van der Waals surface area contributed by atoms with Crippen LogP contribution < -0.4 is 5.32 Å². The molecule has 3 nitrogen and oxygen atoms in total. The number of thiazole rings is 1. The van der Waals surface area contributed by atoms with E-state index < -0.39 is 0 Å². The third kappa shape index (κ3) is 5.43. The molecule has 26 heavy (non-hydrogen) atoms. The van der Waals surface area contributed by atoms with E-state index in [9.17, 15) is 4.79 Å². The summed E-state index contributed by atoms with van der Waals surface area (Å²) >= 11 is 6.73. The van der Waals surface area contributed by atoms with Crippen LogP contribution >= 0.6 is 39.0 Å². The summed E-state index contributed by atoms with van der Waals surface area (Å²) in [7, 11) is 0. The number of carbonyl (C=O) groups is 1. The molecule has 0 unspecified atom stereocenters. The molecule has 0 aliphatic heterocycles. The molecule has 0 radical (unpaired) electrons. The van der Waals surface area contributed by atoms with Crippen molar-refractivity contribution in [1.82, 2.24) is 4.98 Å². The Morgan fingerprint density at radius 2 is 1.96 bits per heavy atom. The molecule has 6 heteroatoms. The van der Waals surface area contributed by atoms with Gasteiger partial charge in [-0.1, -0.05) is 64.9 Å². The number of halogens is 1. The van der Waals surface area contributed by atoms with Crippen LogP contribution in [-0.4, -0.2) is 10.9 Å². The molecule has 1 aromatic heterocycles. The van der Waals surface area contributed by atoms with Crippen LogP contribution in [-0.2, 0) is 23.4 Å². The Kier molecular flexibility index (Phi) is 6.88. The number of rotatable bonds is 7. The fraction of sp³-hybridized carbons (Fsp3) is 0.200. The zero-order chi connectivity index (χ0) is 18.4. The highest BCUT2D eigenvalue weighted by Crippen LogP contribution is 2.27. The van der Waals surface area contributed by atoms with Gasteiger partial charge in [-0.3, -0.25) is 4.79 Å². The first-order chi connectivity index (χ1) is 12.6. The van der Waals surface area contributed by atoms with Gasteiger partial charge in [-0.25, -0.2) is 4.98 Å².